The number of rotatable bonds is 14. The number of hydrogen-bond acceptors (Lipinski definition) is 3. The van der Waals surface area contributed by atoms with Crippen LogP contribution >= 0.6 is 0 Å². The SMILES string of the molecule is Cc1ccc(C(=O)OCCCCCCCCCCCOc2ccc3ccccc3c2)cc1. The van der Waals surface area contributed by atoms with Crippen molar-refractivity contribution in [2.45, 2.75) is 64.7 Å². The van der Waals surface area contributed by atoms with Gasteiger partial charge in [0, 0.05) is 0 Å². The molecule has 3 heteroatoms. The van der Waals surface area contributed by atoms with E-state index in [4.69, 9.17) is 9.47 Å². The molecule has 3 rings (SSSR count). The Kier molecular flexibility index (Phi) is 10.1. The van der Waals surface area contributed by atoms with Crippen molar-refractivity contribution in [3.05, 3.63) is 77.9 Å². The molecular formula is C29H36O3. The third-order valence-electron chi connectivity index (χ3n) is 5.80. The summed E-state index contributed by atoms with van der Waals surface area (Å²) in [6.45, 7) is 3.32. The molecule has 0 aliphatic heterocycles. The van der Waals surface area contributed by atoms with E-state index in [1.807, 2.05) is 31.2 Å². The summed E-state index contributed by atoms with van der Waals surface area (Å²) in [5.74, 6) is 0.753. The lowest BCUT2D eigenvalue weighted by Crippen LogP contribution is -2.06. The minimum Gasteiger partial charge on any atom is -0.494 e. The Morgan fingerprint density at radius 3 is 1.94 bits per heavy atom. The quantitative estimate of drug-likeness (QED) is 0.192. The molecule has 0 N–H and O–H groups in total. The molecule has 32 heavy (non-hydrogen) atoms. The number of benzene rings is 3. The molecule has 0 atom stereocenters. The van der Waals surface area contributed by atoms with E-state index in [0.717, 1.165) is 37.2 Å². The molecule has 0 unspecified atom stereocenters. The van der Waals surface area contributed by atoms with E-state index in [1.54, 1.807) is 0 Å². The first-order chi connectivity index (χ1) is 15.7. The van der Waals surface area contributed by atoms with Gasteiger partial charge in [0.1, 0.15) is 5.75 Å². The van der Waals surface area contributed by atoms with Crippen LogP contribution in [-0.4, -0.2) is 19.2 Å². The largest absolute Gasteiger partial charge is 0.494 e. The third kappa shape index (κ3) is 8.37. The Balaban J connectivity index is 1.12. The highest BCUT2D eigenvalue weighted by Crippen LogP contribution is 2.21. The maximum absolute atomic E-state index is 11.9. The van der Waals surface area contributed by atoms with Gasteiger partial charge in [0.15, 0.2) is 0 Å². The molecule has 3 nitrogen and oxygen atoms in total. The summed E-state index contributed by atoms with van der Waals surface area (Å²) in [6.07, 6.45) is 10.7. The molecule has 0 radical (unpaired) electrons. The molecule has 0 aromatic heterocycles. The van der Waals surface area contributed by atoms with Crippen molar-refractivity contribution >= 4 is 16.7 Å². The van der Waals surface area contributed by atoms with E-state index in [-0.39, 0.29) is 5.97 Å². The summed E-state index contributed by atoms with van der Waals surface area (Å²) in [7, 11) is 0. The number of carbonyl (C=O) groups excluding carboxylic acids is 1. The van der Waals surface area contributed by atoms with E-state index in [0.29, 0.717) is 12.2 Å². The second-order valence-corrected chi connectivity index (χ2v) is 8.54. The van der Waals surface area contributed by atoms with Gasteiger partial charge in [0.05, 0.1) is 18.8 Å². The van der Waals surface area contributed by atoms with Crippen LogP contribution in [0.25, 0.3) is 10.8 Å². The van der Waals surface area contributed by atoms with Crippen molar-refractivity contribution in [3.63, 3.8) is 0 Å². The molecule has 3 aromatic rings. The lowest BCUT2D eigenvalue weighted by atomic mass is 10.1. The summed E-state index contributed by atoms with van der Waals surface area (Å²) in [5.41, 5.74) is 1.79. The average molecular weight is 433 g/mol. The number of fused-ring (bicyclic) bond motifs is 1. The van der Waals surface area contributed by atoms with Crippen LogP contribution < -0.4 is 4.74 Å². The average Bonchev–Trinajstić information content (AvgIpc) is 2.82. The van der Waals surface area contributed by atoms with Gasteiger partial charge in [-0.15, -0.1) is 0 Å². The Morgan fingerprint density at radius 2 is 1.25 bits per heavy atom. The fraction of sp³-hybridized carbons (Fsp3) is 0.414. The van der Waals surface area contributed by atoms with E-state index in [9.17, 15) is 4.79 Å². The van der Waals surface area contributed by atoms with Crippen LogP contribution in [0.2, 0.25) is 0 Å². The summed E-state index contributed by atoms with van der Waals surface area (Å²) < 4.78 is 11.3. The molecule has 0 fully saturated rings. The fourth-order valence-electron chi connectivity index (χ4n) is 3.83. The first-order valence-corrected chi connectivity index (χ1v) is 12.1. The molecule has 0 saturated carbocycles. The van der Waals surface area contributed by atoms with Crippen LogP contribution in [-0.2, 0) is 4.74 Å². The van der Waals surface area contributed by atoms with E-state index < -0.39 is 0 Å². The number of unbranched alkanes of at least 4 members (excludes halogenated alkanes) is 8. The van der Waals surface area contributed by atoms with Crippen LogP contribution in [0.1, 0.15) is 73.7 Å². The van der Waals surface area contributed by atoms with Crippen molar-refractivity contribution in [3.8, 4) is 5.75 Å². The number of hydrogen-bond donors (Lipinski definition) is 0. The molecule has 170 valence electrons. The number of carbonyl (C=O) groups is 1. The zero-order valence-corrected chi connectivity index (χ0v) is 19.4. The van der Waals surface area contributed by atoms with Gasteiger partial charge in [-0.2, -0.15) is 0 Å². The van der Waals surface area contributed by atoms with E-state index in [2.05, 4.69) is 42.5 Å². The van der Waals surface area contributed by atoms with Gasteiger partial charge < -0.3 is 9.47 Å². The highest BCUT2D eigenvalue weighted by atomic mass is 16.5. The minimum absolute atomic E-state index is 0.213. The summed E-state index contributed by atoms with van der Waals surface area (Å²) in [4.78, 5) is 11.9. The summed E-state index contributed by atoms with van der Waals surface area (Å²) >= 11 is 0. The van der Waals surface area contributed by atoms with E-state index >= 15 is 0 Å². The van der Waals surface area contributed by atoms with E-state index in [1.165, 1.54) is 49.3 Å². The maximum Gasteiger partial charge on any atom is 0.338 e. The Hall–Kier alpha value is -2.81. The van der Waals surface area contributed by atoms with Crippen molar-refractivity contribution in [2.75, 3.05) is 13.2 Å². The van der Waals surface area contributed by atoms with Crippen molar-refractivity contribution in [1.82, 2.24) is 0 Å². The lowest BCUT2D eigenvalue weighted by Gasteiger charge is -2.07. The number of aryl methyl sites for hydroxylation is 1. The molecule has 0 heterocycles. The van der Waals surface area contributed by atoms with Crippen LogP contribution in [0.4, 0.5) is 0 Å². The van der Waals surface area contributed by atoms with Gasteiger partial charge in [-0.05, 0) is 54.8 Å². The maximum atomic E-state index is 11.9. The first kappa shape index (κ1) is 23.8. The van der Waals surface area contributed by atoms with Crippen LogP contribution in [0, 0.1) is 6.92 Å². The summed E-state index contributed by atoms with van der Waals surface area (Å²) in [5, 5.41) is 2.48. The van der Waals surface area contributed by atoms with Crippen LogP contribution in [0.15, 0.2) is 66.7 Å². The van der Waals surface area contributed by atoms with Crippen LogP contribution in [0.3, 0.4) is 0 Å². The monoisotopic (exact) mass is 432 g/mol. The van der Waals surface area contributed by atoms with Gasteiger partial charge in [-0.3, -0.25) is 0 Å². The highest BCUT2D eigenvalue weighted by molar-refractivity contribution is 5.89. The Morgan fingerprint density at radius 1 is 0.656 bits per heavy atom. The van der Waals surface area contributed by atoms with Crippen molar-refractivity contribution in [1.29, 1.82) is 0 Å². The number of esters is 1. The first-order valence-electron chi connectivity index (χ1n) is 12.1. The molecular weight excluding hydrogens is 396 g/mol. The molecule has 0 saturated heterocycles. The zero-order chi connectivity index (χ0) is 22.4. The topological polar surface area (TPSA) is 35.5 Å². The minimum atomic E-state index is -0.213. The summed E-state index contributed by atoms with van der Waals surface area (Å²) in [6, 6.07) is 22.2. The lowest BCUT2D eigenvalue weighted by molar-refractivity contribution is 0.0497. The van der Waals surface area contributed by atoms with Crippen molar-refractivity contribution in [2.24, 2.45) is 0 Å². The highest BCUT2D eigenvalue weighted by Gasteiger charge is 2.05. The Labute approximate surface area is 192 Å². The second-order valence-electron chi connectivity index (χ2n) is 8.54. The smallest absolute Gasteiger partial charge is 0.338 e. The van der Waals surface area contributed by atoms with Crippen molar-refractivity contribution < 1.29 is 14.3 Å². The predicted octanol–water partition coefficient (Wildman–Crippen LogP) is 7.89. The van der Waals surface area contributed by atoms with Crippen LogP contribution in [0.5, 0.6) is 5.75 Å². The molecule has 0 spiro atoms. The predicted molar refractivity (Wildman–Crippen MR) is 132 cm³/mol. The van der Waals surface area contributed by atoms with Gasteiger partial charge >= 0.3 is 5.97 Å². The van der Waals surface area contributed by atoms with Gasteiger partial charge in [0.25, 0.3) is 0 Å². The zero-order valence-electron chi connectivity index (χ0n) is 19.4. The molecule has 3 aromatic carbocycles. The molecule has 0 bridgehead atoms. The normalized spacial score (nSPS) is 10.9. The molecule has 0 aliphatic rings. The van der Waals surface area contributed by atoms with Gasteiger partial charge in [-0.1, -0.05) is 93.0 Å². The Bertz CT molecular complexity index is 946. The van der Waals surface area contributed by atoms with Gasteiger partial charge in [0.2, 0.25) is 0 Å². The third-order valence-corrected chi connectivity index (χ3v) is 5.80. The molecule has 0 amide bonds. The van der Waals surface area contributed by atoms with Gasteiger partial charge in [-0.25, -0.2) is 4.79 Å². The standard InChI is InChI=1S/C29H36O3/c1-24-15-17-26(18-16-24)29(30)32-22-12-8-6-4-2-3-5-7-11-21-31-28-20-19-25-13-9-10-14-27(25)23-28/h9-10,13-20,23H,2-8,11-12,21-22H2,1H3. The second kappa shape index (κ2) is 13.6. The molecule has 0 aliphatic carbocycles. The fourth-order valence-corrected chi connectivity index (χ4v) is 3.83. The number of ether oxygens (including phenoxy) is 2.